The topological polar surface area (TPSA) is 90.0 Å². The number of nitrogen functional groups attached to an aromatic ring is 1. The van der Waals surface area contributed by atoms with Gasteiger partial charge in [-0.25, -0.2) is 4.98 Å². The average Bonchev–Trinajstić information content (AvgIpc) is 2.88. The second-order valence-electron chi connectivity index (χ2n) is 6.84. The van der Waals surface area contributed by atoms with E-state index in [9.17, 15) is 9.59 Å². The van der Waals surface area contributed by atoms with Crippen molar-refractivity contribution in [1.29, 1.82) is 0 Å². The molecule has 1 aliphatic rings. The number of imide groups is 1. The van der Waals surface area contributed by atoms with E-state index in [1.165, 1.54) is 0 Å². The van der Waals surface area contributed by atoms with Gasteiger partial charge < -0.3 is 10.3 Å². The number of benzene rings is 1. The van der Waals surface area contributed by atoms with E-state index in [1.54, 1.807) is 0 Å². The van der Waals surface area contributed by atoms with Crippen molar-refractivity contribution >= 4 is 39.6 Å². The van der Waals surface area contributed by atoms with Gasteiger partial charge in [-0.15, -0.1) is 0 Å². The molecule has 6 heteroatoms. The molecular formula is C19H20N4O2. The maximum atomic E-state index is 12.5. The van der Waals surface area contributed by atoms with Gasteiger partial charge in [0.05, 0.1) is 5.52 Å². The van der Waals surface area contributed by atoms with Crippen molar-refractivity contribution in [2.75, 3.05) is 5.73 Å². The molecule has 2 aromatic heterocycles. The molecule has 0 bridgehead atoms. The second kappa shape index (κ2) is 5.58. The molecule has 1 aliphatic heterocycles. The smallest absolute Gasteiger partial charge is 0.249 e. The highest BCUT2D eigenvalue weighted by Gasteiger charge is 2.31. The van der Waals surface area contributed by atoms with Crippen molar-refractivity contribution in [1.82, 2.24) is 14.9 Å². The van der Waals surface area contributed by atoms with Gasteiger partial charge in [-0.05, 0) is 30.0 Å². The Morgan fingerprint density at radius 3 is 2.76 bits per heavy atom. The zero-order valence-corrected chi connectivity index (χ0v) is 14.2. The number of nitrogens with one attached hydrogen (secondary N) is 1. The Bertz CT molecular complexity index is 1020. The van der Waals surface area contributed by atoms with Crippen LogP contribution in [0.1, 0.15) is 44.2 Å². The van der Waals surface area contributed by atoms with Gasteiger partial charge in [0.25, 0.3) is 0 Å². The predicted octanol–water partition coefficient (Wildman–Crippen LogP) is 2.87. The van der Waals surface area contributed by atoms with E-state index < -0.39 is 6.04 Å². The van der Waals surface area contributed by atoms with Crippen molar-refractivity contribution in [3.63, 3.8) is 0 Å². The first-order valence-electron chi connectivity index (χ1n) is 8.50. The van der Waals surface area contributed by atoms with Gasteiger partial charge in [-0.2, -0.15) is 0 Å². The summed E-state index contributed by atoms with van der Waals surface area (Å²) in [6, 6.07) is 9.41. The monoisotopic (exact) mass is 336 g/mol. The van der Waals surface area contributed by atoms with E-state index in [1.807, 2.05) is 34.9 Å². The molecule has 1 unspecified atom stereocenters. The summed E-state index contributed by atoms with van der Waals surface area (Å²) in [5.41, 5.74) is 8.82. The number of aromatic nitrogens is 2. The summed E-state index contributed by atoms with van der Waals surface area (Å²) in [4.78, 5) is 28.6. The van der Waals surface area contributed by atoms with Crippen molar-refractivity contribution in [3.8, 4) is 0 Å². The summed E-state index contributed by atoms with van der Waals surface area (Å²) in [6.07, 6.45) is 0.787. The highest BCUT2D eigenvalue weighted by Crippen LogP contribution is 2.38. The fourth-order valence-electron chi connectivity index (χ4n) is 3.73. The van der Waals surface area contributed by atoms with E-state index in [0.29, 0.717) is 24.3 Å². The van der Waals surface area contributed by atoms with Gasteiger partial charge in [-0.1, -0.05) is 32.0 Å². The van der Waals surface area contributed by atoms with Crippen LogP contribution in [-0.2, 0) is 9.59 Å². The number of hydrogen-bond donors (Lipinski definition) is 2. The number of amides is 2. The minimum Gasteiger partial charge on any atom is -0.384 e. The van der Waals surface area contributed by atoms with Gasteiger partial charge in [0, 0.05) is 17.2 Å². The number of nitrogens with zero attached hydrogens (tertiary/aromatic N) is 2. The highest BCUT2D eigenvalue weighted by molar-refractivity contribution is 6.10. The fraction of sp³-hybridized carbons (Fsp3) is 0.316. The lowest BCUT2D eigenvalue weighted by Gasteiger charge is -2.23. The molecule has 2 amide bonds. The lowest BCUT2D eigenvalue weighted by atomic mass is 9.99. The predicted molar refractivity (Wildman–Crippen MR) is 97.2 cm³/mol. The van der Waals surface area contributed by atoms with Gasteiger partial charge in [0.15, 0.2) is 0 Å². The van der Waals surface area contributed by atoms with Crippen LogP contribution in [0, 0.1) is 0 Å². The van der Waals surface area contributed by atoms with Crippen molar-refractivity contribution in [2.24, 2.45) is 0 Å². The first-order valence-corrected chi connectivity index (χ1v) is 8.50. The van der Waals surface area contributed by atoms with Gasteiger partial charge in [0.2, 0.25) is 11.8 Å². The number of carbonyl (C=O) groups is 2. The fourth-order valence-corrected chi connectivity index (χ4v) is 3.73. The largest absolute Gasteiger partial charge is 0.384 e. The number of para-hydroxylation sites is 1. The van der Waals surface area contributed by atoms with Gasteiger partial charge >= 0.3 is 0 Å². The van der Waals surface area contributed by atoms with E-state index in [2.05, 4.69) is 24.1 Å². The van der Waals surface area contributed by atoms with E-state index in [0.717, 1.165) is 21.9 Å². The highest BCUT2D eigenvalue weighted by atomic mass is 16.2. The summed E-state index contributed by atoms with van der Waals surface area (Å²) in [5, 5.41) is 4.53. The summed E-state index contributed by atoms with van der Waals surface area (Å²) in [5.74, 6) is 0.202. The normalized spacial score (nSPS) is 18.3. The molecule has 0 saturated carbocycles. The first-order chi connectivity index (χ1) is 12.0. The van der Waals surface area contributed by atoms with Crippen LogP contribution in [0.2, 0.25) is 0 Å². The molecule has 1 fully saturated rings. The van der Waals surface area contributed by atoms with Crippen LogP contribution < -0.4 is 11.1 Å². The molecule has 128 valence electrons. The van der Waals surface area contributed by atoms with Gasteiger partial charge in [-0.3, -0.25) is 14.9 Å². The Labute approximate surface area is 145 Å². The molecule has 0 spiro atoms. The third-order valence-corrected chi connectivity index (χ3v) is 4.86. The van der Waals surface area contributed by atoms with Crippen LogP contribution in [-0.4, -0.2) is 21.4 Å². The number of nitrogens with two attached hydrogens (primary N) is 1. The third kappa shape index (κ3) is 2.36. The molecule has 0 radical (unpaired) electrons. The average molecular weight is 336 g/mol. The molecule has 6 nitrogen and oxygen atoms in total. The molecule has 1 aromatic carbocycles. The molecule has 3 heterocycles. The minimum atomic E-state index is -0.464. The Morgan fingerprint density at radius 2 is 2.04 bits per heavy atom. The number of pyridine rings is 1. The zero-order valence-electron chi connectivity index (χ0n) is 14.2. The molecule has 25 heavy (non-hydrogen) atoms. The number of rotatable bonds is 2. The van der Waals surface area contributed by atoms with Crippen LogP contribution >= 0.6 is 0 Å². The number of fused-ring (bicyclic) bond motifs is 3. The molecule has 1 saturated heterocycles. The minimum absolute atomic E-state index is 0.225. The SMILES string of the molecule is CC(C)c1cc(N)nc2c1c1ccccc1n2C1CCC(=O)NC1=O. The molecule has 3 aromatic rings. The lowest BCUT2D eigenvalue weighted by Crippen LogP contribution is -2.41. The van der Waals surface area contributed by atoms with Crippen molar-refractivity contribution < 1.29 is 9.59 Å². The zero-order chi connectivity index (χ0) is 17.7. The maximum Gasteiger partial charge on any atom is 0.249 e. The number of piperidine rings is 1. The molecule has 4 rings (SSSR count). The molecule has 1 atom stereocenters. The summed E-state index contributed by atoms with van der Waals surface area (Å²) in [6.45, 7) is 4.23. The third-order valence-electron chi connectivity index (χ3n) is 4.86. The summed E-state index contributed by atoms with van der Waals surface area (Å²) in [7, 11) is 0. The summed E-state index contributed by atoms with van der Waals surface area (Å²) < 4.78 is 1.94. The number of hydrogen-bond acceptors (Lipinski definition) is 4. The standard InChI is InChI=1S/C19H20N4O2/c1-10(2)12-9-15(20)21-18-17(12)11-5-3-4-6-13(11)23(18)14-7-8-16(24)22-19(14)25/h3-6,9-10,14H,7-8H2,1-2H3,(H2,20,21)(H,22,24,25). The number of anilines is 1. The van der Waals surface area contributed by atoms with Crippen LogP contribution in [0.4, 0.5) is 5.82 Å². The van der Waals surface area contributed by atoms with Crippen molar-refractivity contribution in [3.05, 3.63) is 35.9 Å². The van der Waals surface area contributed by atoms with Crippen molar-refractivity contribution in [2.45, 2.75) is 38.6 Å². The van der Waals surface area contributed by atoms with Crippen LogP contribution in [0.15, 0.2) is 30.3 Å². The van der Waals surface area contributed by atoms with Gasteiger partial charge in [0.1, 0.15) is 17.5 Å². The molecular weight excluding hydrogens is 316 g/mol. The number of carbonyl (C=O) groups excluding carboxylic acids is 2. The Balaban J connectivity index is 2.09. The summed E-state index contributed by atoms with van der Waals surface area (Å²) >= 11 is 0. The maximum absolute atomic E-state index is 12.5. The van der Waals surface area contributed by atoms with E-state index in [4.69, 9.17) is 5.73 Å². The van der Waals surface area contributed by atoms with E-state index >= 15 is 0 Å². The second-order valence-corrected chi connectivity index (χ2v) is 6.84. The molecule has 0 aliphatic carbocycles. The van der Waals surface area contributed by atoms with E-state index in [-0.39, 0.29) is 17.7 Å². The first kappa shape index (κ1) is 15.6. The lowest BCUT2D eigenvalue weighted by molar-refractivity contribution is -0.135. The quantitative estimate of drug-likeness (QED) is 0.704. The van der Waals surface area contributed by atoms with Crippen LogP contribution in [0.5, 0.6) is 0 Å². The van der Waals surface area contributed by atoms with Crippen LogP contribution in [0.25, 0.3) is 21.9 Å². The van der Waals surface area contributed by atoms with Crippen LogP contribution in [0.3, 0.4) is 0 Å². The molecule has 3 N–H and O–H groups in total. The Hall–Kier alpha value is -2.89. The Kier molecular flexibility index (Phi) is 3.49. The Morgan fingerprint density at radius 1 is 1.28 bits per heavy atom.